The highest BCUT2D eigenvalue weighted by atomic mass is 16.5. The second kappa shape index (κ2) is 7.78. The van der Waals surface area contributed by atoms with Gasteiger partial charge in [-0.05, 0) is 25.0 Å². The molecule has 8 heteroatoms. The van der Waals surface area contributed by atoms with Gasteiger partial charge in [-0.1, -0.05) is 18.2 Å². The number of nitrogens with one attached hydrogen (secondary N) is 2. The van der Waals surface area contributed by atoms with E-state index in [9.17, 15) is 14.4 Å². The highest BCUT2D eigenvalue weighted by molar-refractivity contribution is 5.93. The zero-order valence-corrected chi connectivity index (χ0v) is 13.4. The third-order valence-electron chi connectivity index (χ3n) is 4.11. The van der Waals surface area contributed by atoms with Crippen molar-refractivity contribution in [2.75, 3.05) is 32.1 Å². The Morgan fingerprint density at radius 2 is 1.83 bits per heavy atom. The number of benzene rings is 1. The number of para-hydroxylation sites is 1. The van der Waals surface area contributed by atoms with Gasteiger partial charge in [-0.2, -0.15) is 0 Å². The number of likely N-dealkylation sites (tertiary alicyclic amines) is 1. The molecular formula is C16H21N3O5. The van der Waals surface area contributed by atoms with Crippen LogP contribution in [0.4, 0.5) is 10.5 Å². The van der Waals surface area contributed by atoms with Crippen LogP contribution in [-0.2, 0) is 14.3 Å². The van der Waals surface area contributed by atoms with Crippen molar-refractivity contribution >= 4 is 23.7 Å². The number of anilines is 1. The largest absolute Gasteiger partial charge is 0.468 e. The SMILES string of the molecule is COC(=O)C1(NCC(=O)Nc2ccccc2)CCN(C(=O)O)CC1. The fraction of sp³-hybridized carbons (Fsp3) is 0.438. The van der Waals surface area contributed by atoms with Crippen LogP contribution in [0.2, 0.25) is 0 Å². The molecule has 130 valence electrons. The maximum Gasteiger partial charge on any atom is 0.407 e. The van der Waals surface area contributed by atoms with Crippen LogP contribution in [0.15, 0.2) is 30.3 Å². The maximum absolute atomic E-state index is 12.2. The van der Waals surface area contributed by atoms with Gasteiger partial charge in [0.2, 0.25) is 5.91 Å². The molecule has 3 N–H and O–H groups in total. The van der Waals surface area contributed by atoms with Gasteiger partial charge in [0.25, 0.3) is 0 Å². The fourth-order valence-electron chi connectivity index (χ4n) is 2.70. The standard InChI is InChI=1S/C16H21N3O5/c1-24-14(21)16(7-9-19(10-8-16)15(22)23)17-11-13(20)18-12-5-3-2-4-6-12/h2-6,17H,7-11H2,1H3,(H,18,20)(H,22,23). The van der Waals surface area contributed by atoms with Crippen molar-refractivity contribution in [2.24, 2.45) is 0 Å². The molecule has 2 rings (SSSR count). The zero-order chi connectivity index (χ0) is 17.6. The van der Waals surface area contributed by atoms with E-state index < -0.39 is 17.6 Å². The van der Waals surface area contributed by atoms with Gasteiger partial charge in [0.15, 0.2) is 0 Å². The molecule has 8 nitrogen and oxygen atoms in total. The lowest BCUT2D eigenvalue weighted by molar-refractivity contribution is -0.150. The van der Waals surface area contributed by atoms with E-state index in [-0.39, 0.29) is 38.4 Å². The van der Waals surface area contributed by atoms with Crippen LogP contribution < -0.4 is 10.6 Å². The molecule has 0 aromatic heterocycles. The van der Waals surface area contributed by atoms with Crippen molar-refractivity contribution in [2.45, 2.75) is 18.4 Å². The summed E-state index contributed by atoms with van der Waals surface area (Å²) in [4.78, 5) is 36.4. The van der Waals surface area contributed by atoms with Crippen molar-refractivity contribution < 1.29 is 24.2 Å². The number of piperidine rings is 1. The van der Waals surface area contributed by atoms with E-state index in [1.54, 1.807) is 24.3 Å². The number of ether oxygens (including phenoxy) is 1. The van der Waals surface area contributed by atoms with Crippen LogP contribution >= 0.6 is 0 Å². The third-order valence-corrected chi connectivity index (χ3v) is 4.11. The van der Waals surface area contributed by atoms with Crippen LogP contribution in [0.5, 0.6) is 0 Å². The predicted molar refractivity (Wildman–Crippen MR) is 86.7 cm³/mol. The maximum atomic E-state index is 12.2. The number of carbonyl (C=O) groups is 3. The molecule has 0 radical (unpaired) electrons. The smallest absolute Gasteiger partial charge is 0.407 e. The summed E-state index contributed by atoms with van der Waals surface area (Å²) >= 11 is 0. The Morgan fingerprint density at radius 1 is 1.21 bits per heavy atom. The van der Waals surface area contributed by atoms with E-state index in [0.29, 0.717) is 5.69 Å². The lowest BCUT2D eigenvalue weighted by Gasteiger charge is -2.39. The molecule has 0 saturated carbocycles. The molecule has 24 heavy (non-hydrogen) atoms. The zero-order valence-electron chi connectivity index (χ0n) is 13.4. The van der Waals surface area contributed by atoms with Gasteiger partial charge in [-0.3, -0.25) is 14.9 Å². The van der Waals surface area contributed by atoms with E-state index >= 15 is 0 Å². The van der Waals surface area contributed by atoms with E-state index in [1.165, 1.54) is 12.0 Å². The molecule has 1 aliphatic rings. The second-order valence-corrected chi connectivity index (χ2v) is 5.61. The summed E-state index contributed by atoms with van der Waals surface area (Å²) in [7, 11) is 1.28. The highest BCUT2D eigenvalue weighted by Gasteiger charge is 2.43. The van der Waals surface area contributed by atoms with Crippen LogP contribution in [0.1, 0.15) is 12.8 Å². The van der Waals surface area contributed by atoms with Crippen LogP contribution in [0, 0.1) is 0 Å². The molecule has 1 aromatic rings. The topological polar surface area (TPSA) is 108 Å². The first-order chi connectivity index (χ1) is 11.5. The Kier molecular flexibility index (Phi) is 5.75. The summed E-state index contributed by atoms with van der Waals surface area (Å²) < 4.78 is 4.84. The van der Waals surface area contributed by atoms with Gasteiger partial charge in [-0.25, -0.2) is 4.79 Å². The number of carboxylic acid groups (broad SMARTS) is 1. The molecule has 1 fully saturated rings. The molecule has 1 aromatic carbocycles. The van der Waals surface area contributed by atoms with Crippen molar-refractivity contribution in [3.05, 3.63) is 30.3 Å². The molecule has 0 spiro atoms. The minimum Gasteiger partial charge on any atom is -0.468 e. The van der Waals surface area contributed by atoms with Crippen LogP contribution in [-0.4, -0.2) is 60.3 Å². The number of rotatable bonds is 5. The average Bonchev–Trinajstić information content (AvgIpc) is 2.60. The molecular weight excluding hydrogens is 314 g/mol. The summed E-state index contributed by atoms with van der Waals surface area (Å²) in [5.74, 6) is -0.773. The number of hydrogen-bond donors (Lipinski definition) is 3. The number of carbonyl (C=O) groups excluding carboxylic acids is 2. The van der Waals surface area contributed by atoms with Gasteiger partial charge in [0.05, 0.1) is 13.7 Å². The number of nitrogens with zero attached hydrogens (tertiary/aromatic N) is 1. The van der Waals surface area contributed by atoms with Crippen molar-refractivity contribution in [3.63, 3.8) is 0 Å². The molecule has 0 aliphatic carbocycles. The Hall–Kier alpha value is -2.61. The Bertz CT molecular complexity index is 597. The van der Waals surface area contributed by atoms with Crippen molar-refractivity contribution in [1.29, 1.82) is 0 Å². The van der Waals surface area contributed by atoms with Gasteiger partial charge in [0.1, 0.15) is 5.54 Å². The van der Waals surface area contributed by atoms with Crippen molar-refractivity contribution in [1.82, 2.24) is 10.2 Å². The van der Waals surface area contributed by atoms with E-state index in [4.69, 9.17) is 9.84 Å². The monoisotopic (exact) mass is 335 g/mol. The molecule has 1 aliphatic heterocycles. The van der Waals surface area contributed by atoms with Crippen LogP contribution in [0.3, 0.4) is 0 Å². The first kappa shape index (κ1) is 17.7. The van der Waals surface area contributed by atoms with Gasteiger partial charge < -0.3 is 20.1 Å². The first-order valence-corrected chi connectivity index (χ1v) is 7.63. The van der Waals surface area contributed by atoms with Crippen molar-refractivity contribution in [3.8, 4) is 0 Å². The number of methoxy groups -OCH3 is 1. The fourth-order valence-corrected chi connectivity index (χ4v) is 2.70. The summed E-state index contributed by atoms with van der Waals surface area (Å²) in [5, 5.41) is 14.7. The van der Waals surface area contributed by atoms with Gasteiger partial charge in [-0.15, -0.1) is 0 Å². The quantitative estimate of drug-likeness (QED) is 0.690. The normalized spacial score (nSPS) is 16.3. The number of amides is 2. The predicted octanol–water partition coefficient (Wildman–Crippen LogP) is 0.900. The molecule has 0 atom stereocenters. The average molecular weight is 335 g/mol. The third kappa shape index (κ3) is 4.23. The first-order valence-electron chi connectivity index (χ1n) is 7.63. The minimum atomic E-state index is -1.05. The molecule has 2 amide bonds. The molecule has 0 bridgehead atoms. The lowest BCUT2D eigenvalue weighted by atomic mass is 9.87. The van der Waals surface area contributed by atoms with Crippen LogP contribution in [0.25, 0.3) is 0 Å². The Labute approximate surface area is 139 Å². The van der Waals surface area contributed by atoms with Gasteiger partial charge >= 0.3 is 12.1 Å². The van der Waals surface area contributed by atoms with E-state index in [1.807, 2.05) is 6.07 Å². The summed E-state index contributed by atoms with van der Waals surface area (Å²) in [6.07, 6.45) is -0.509. The molecule has 0 unspecified atom stereocenters. The number of esters is 1. The second-order valence-electron chi connectivity index (χ2n) is 5.61. The van der Waals surface area contributed by atoms with E-state index in [0.717, 1.165) is 0 Å². The highest BCUT2D eigenvalue weighted by Crippen LogP contribution is 2.24. The number of hydrogen-bond acceptors (Lipinski definition) is 5. The molecule has 1 saturated heterocycles. The molecule has 1 heterocycles. The minimum absolute atomic E-state index is 0.0724. The van der Waals surface area contributed by atoms with E-state index in [2.05, 4.69) is 10.6 Å². The van der Waals surface area contributed by atoms with Gasteiger partial charge in [0, 0.05) is 18.8 Å². The summed E-state index contributed by atoms with van der Waals surface area (Å²) in [5.41, 5.74) is -0.383. The summed E-state index contributed by atoms with van der Waals surface area (Å²) in [6, 6.07) is 8.98. The summed E-state index contributed by atoms with van der Waals surface area (Å²) in [6.45, 7) is 0.340. The Balaban J connectivity index is 1.96. The lowest BCUT2D eigenvalue weighted by Crippen LogP contribution is -2.60. The Morgan fingerprint density at radius 3 is 2.38 bits per heavy atom.